The molecule has 3 nitrogen and oxygen atoms in total. The molecule has 0 amide bonds. The average Bonchev–Trinajstić information content (AvgIpc) is 3.44. The number of aliphatic imine (C=N–C) groups is 1. The number of fused-ring (bicyclic) bond motifs is 3. The van der Waals surface area contributed by atoms with Crippen molar-refractivity contribution in [3.05, 3.63) is 209 Å². The van der Waals surface area contributed by atoms with Crippen molar-refractivity contribution in [2.45, 2.75) is 12.0 Å². The predicted molar refractivity (Wildman–Crippen MR) is 196 cm³/mol. The summed E-state index contributed by atoms with van der Waals surface area (Å²) < 4.78 is 0. The van der Waals surface area contributed by atoms with E-state index in [-0.39, 0.29) is 0 Å². The standard InChI is InChI=1S/C44H35N3/c1-4-12-32(13-5-1)29-46-30-33-20-22-34(23-21-33)35-24-25-39-38-18-10-11-19-40(38)44(41(39)28-35,36-14-6-2-7-15-36)42-31-45-27-26-43(42)47-37-16-8-3-9-17-37/h1-29,45,47H,30-31H2. The van der Waals surface area contributed by atoms with Gasteiger partial charge in [0, 0.05) is 24.1 Å². The van der Waals surface area contributed by atoms with Gasteiger partial charge in [-0.15, -0.1) is 0 Å². The highest BCUT2D eigenvalue weighted by Crippen LogP contribution is 2.57. The first-order chi connectivity index (χ1) is 23.3. The van der Waals surface area contributed by atoms with Crippen LogP contribution in [0.1, 0.15) is 27.8 Å². The Morgan fingerprint density at radius 1 is 0.638 bits per heavy atom. The van der Waals surface area contributed by atoms with Gasteiger partial charge in [0.1, 0.15) is 0 Å². The van der Waals surface area contributed by atoms with Gasteiger partial charge in [-0.05, 0) is 86.1 Å². The lowest BCUT2D eigenvalue weighted by Crippen LogP contribution is -2.37. The lowest BCUT2D eigenvalue weighted by molar-refractivity contribution is 0.687. The van der Waals surface area contributed by atoms with Crippen LogP contribution in [0, 0.1) is 0 Å². The normalized spacial score (nSPS) is 16.5. The monoisotopic (exact) mass is 605 g/mol. The molecule has 2 N–H and O–H groups in total. The second-order valence-corrected chi connectivity index (χ2v) is 12.1. The van der Waals surface area contributed by atoms with Crippen LogP contribution in [0.25, 0.3) is 22.3 Å². The zero-order valence-corrected chi connectivity index (χ0v) is 26.1. The summed E-state index contributed by atoms with van der Waals surface area (Å²) >= 11 is 0. The Labute approximate surface area is 276 Å². The van der Waals surface area contributed by atoms with Crippen LogP contribution in [0.3, 0.4) is 0 Å². The van der Waals surface area contributed by atoms with E-state index in [4.69, 9.17) is 0 Å². The summed E-state index contributed by atoms with van der Waals surface area (Å²) in [7, 11) is 0. The fraction of sp³-hybridized carbons (Fsp3) is 0.0682. The number of hydrogen-bond acceptors (Lipinski definition) is 3. The van der Waals surface area contributed by atoms with Crippen molar-refractivity contribution in [1.29, 1.82) is 0 Å². The number of dihydropyridines is 1. The van der Waals surface area contributed by atoms with Crippen molar-refractivity contribution < 1.29 is 0 Å². The molecule has 6 aromatic carbocycles. The van der Waals surface area contributed by atoms with Gasteiger partial charge in [0.15, 0.2) is 0 Å². The maximum Gasteiger partial charge on any atom is 0.0713 e. The predicted octanol–water partition coefficient (Wildman–Crippen LogP) is 9.77. The van der Waals surface area contributed by atoms with Gasteiger partial charge in [-0.3, -0.25) is 4.99 Å². The number of para-hydroxylation sites is 1. The molecule has 1 aliphatic heterocycles. The second-order valence-electron chi connectivity index (χ2n) is 12.1. The number of rotatable bonds is 8. The fourth-order valence-electron chi connectivity index (χ4n) is 7.18. The molecule has 3 heteroatoms. The molecule has 0 saturated heterocycles. The third-order valence-corrected chi connectivity index (χ3v) is 9.33. The van der Waals surface area contributed by atoms with E-state index in [0.717, 1.165) is 23.5 Å². The van der Waals surface area contributed by atoms with Crippen LogP contribution in [0.15, 0.2) is 186 Å². The number of allylic oxidation sites excluding steroid dienone is 1. The first-order valence-corrected chi connectivity index (χ1v) is 16.2. The summed E-state index contributed by atoms with van der Waals surface area (Å²) in [6.45, 7) is 1.37. The smallest absolute Gasteiger partial charge is 0.0713 e. The zero-order chi connectivity index (χ0) is 31.5. The van der Waals surface area contributed by atoms with Gasteiger partial charge in [-0.2, -0.15) is 0 Å². The third-order valence-electron chi connectivity index (χ3n) is 9.33. The topological polar surface area (TPSA) is 36.4 Å². The molecule has 0 aromatic heterocycles. The van der Waals surface area contributed by atoms with Crippen molar-refractivity contribution in [2.75, 3.05) is 11.9 Å². The minimum absolute atomic E-state index is 0.496. The SMILES string of the molecule is C1=CC(Nc2ccccc2)=C(C2(c3ccccc3)c3ccccc3-c3ccc(-c4ccc(CN=Cc5ccccc5)cc4)cc32)CN1. The summed E-state index contributed by atoms with van der Waals surface area (Å²) in [4.78, 5) is 4.68. The molecule has 47 heavy (non-hydrogen) atoms. The summed E-state index contributed by atoms with van der Waals surface area (Å²) in [5.41, 5.74) is 14.1. The molecular formula is C44H35N3. The lowest BCUT2D eigenvalue weighted by atomic mass is 9.66. The third kappa shape index (κ3) is 5.26. The van der Waals surface area contributed by atoms with Crippen LogP contribution in [0.4, 0.5) is 5.69 Å². The quantitative estimate of drug-likeness (QED) is 0.170. The van der Waals surface area contributed by atoms with E-state index in [1.54, 1.807) is 0 Å². The Morgan fingerprint density at radius 3 is 2.09 bits per heavy atom. The highest BCUT2D eigenvalue weighted by Gasteiger charge is 2.48. The van der Waals surface area contributed by atoms with Crippen LogP contribution in [-0.2, 0) is 12.0 Å². The summed E-state index contributed by atoms with van der Waals surface area (Å²) in [5, 5.41) is 7.36. The molecule has 0 radical (unpaired) electrons. The highest BCUT2D eigenvalue weighted by molar-refractivity contribution is 5.89. The van der Waals surface area contributed by atoms with Crippen molar-refractivity contribution in [3.63, 3.8) is 0 Å². The van der Waals surface area contributed by atoms with Crippen LogP contribution in [0.2, 0.25) is 0 Å². The van der Waals surface area contributed by atoms with Crippen molar-refractivity contribution >= 4 is 11.9 Å². The van der Waals surface area contributed by atoms with E-state index in [2.05, 4.69) is 167 Å². The Morgan fingerprint density at radius 2 is 1.30 bits per heavy atom. The van der Waals surface area contributed by atoms with Crippen molar-refractivity contribution in [1.82, 2.24) is 5.32 Å². The zero-order valence-electron chi connectivity index (χ0n) is 26.1. The fourth-order valence-corrected chi connectivity index (χ4v) is 7.18. The molecule has 0 bridgehead atoms. The minimum Gasteiger partial charge on any atom is -0.387 e. The number of nitrogens with zero attached hydrogens (tertiary/aromatic N) is 1. The Bertz CT molecular complexity index is 2110. The molecule has 0 spiro atoms. The first-order valence-electron chi connectivity index (χ1n) is 16.2. The molecule has 8 rings (SSSR count). The maximum atomic E-state index is 4.68. The molecular weight excluding hydrogens is 571 g/mol. The summed E-state index contributed by atoms with van der Waals surface area (Å²) in [5.74, 6) is 0. The van der Waals surface area contributed by atoms with Crippen LogP contribution in [0.5, 0.6) is 0 Å². The maximum absolute atomic E-state index is 4.68. The van der Waals surface area contributed by atoms with Gasteiger partial charge in [-0.25, -0.2) is 0 Å². The van der Waals surface area contributed by atoms with E-state index in [1.807, 2.05) is 24.4 Å². The second kappa shape index (κ2) is 12.5. The van der Waals surface area contributed by atoms with E-state index in [9.17, 15) is 0 Å². The molecule has 1 heterocycles. The number of nitrogens with one attached hydrogen (secondary N) is 2. The van der Waals surface area contributed by atoms with Gasteiger partial charge in [0.05, 0.1) is 12.0 Å². The molecule has 0 saturated carbocycles. The molecule has 6 aromatic rings. The van der Waals surface area contributed by atoms with E-state index < -0.39 is 5.41 Å². The minimum atomic E-state index is -0.496. The summed E-state index contributed by atoms with van der Waals surface area (Å²) in [6, 6.07) is 56.5. The van der Waals surface area contributed by atoms with Crippen molar-refractivity contribution in [2.24, 2.45) is 4.99 Å². The van der Waals surface area contributed by atoms with E-state index >= 15 is 0 Å². The van der Waals surface area contributed by atoms with E-state index in [1.165, 1.54) is 50.1 Å². The van der Waals surface area contributed by atoms with Gasteiger partial charge in [0.2, 0.25) is 0 Å². The summed E-state index contributed by atoms with van der Waals surface area (Å²) in [6.07, 6.45) is 6.18. The van der Waals surface area contributed by atoms with Crippen LogP contribution in [-0.4, -0.2) is 12.8 Å². The largest absolute Gasteiger partial charge is 0.387 e. The lowest BCUT2D eigenvalue weighted by Gasteiger charge is -2.38. The van der Waals surface area contributed by atoms with Crippen molar-refractivity contribution in [3.8, 4) is 22.3 Å². The van der Waals surface area contributed by atoms with Crippen LogP contribution < -0.4 is 10.6 Å². The Kier molecular flexibility index (Phi) is 7.56. The Hall–Kier alpha value is -5.93. The number of hydrogen-bond donors (Lipinski definition) is 2. The average molecular weight is 606 g/mol. The van der Waals surface area contributed by atoms with Crippen LogP contribution >= 0.6 is 0 Å². The highest BCUT2D eigenvalue weighted by atomic mass is 14.9. The molecule has 226 valence electrons. The van der Waals surface area contributed by atoms with Gasteiger partial charge < -0.3 is 10.6 Å². The van der Waals surface area contributed by atoms with Gasteiger partial charge in [-0.1, -0.05) is 140 Å². The van der Waals surface area contributed by atoms with Gasteiger partial charge >= 0.3 is 0 Å². The number of benzene rings is 6. The molecule has 0 fully saturated rings. The van der Waals surface area contributed by atoms with E-state index in [0.29, 0.717) is 6.54 Å². The molecule has 2 aliphatic rings. The number of anilines is 1. The first kappa shape index (κ1) is 28.5. The van der Waals surface area contributed by atoms with Gasteiger partial charge in [0.25, 0.3) is 0 Å². The molecule has 1 aliphatic carbocycles. The Balaban J connectivity index is 1.26. The molecule has 1 atom stereocenters. The molecule has 1 unspecified atom stereocenters.